The lowest BCUT2D eigenvalue weighted by molar-refractivity contribution is -0.138. The summed E-state index contributed by atoms with van der Waals surface area (Å²) < 4.78 is 44.4. The minimum absolute atomic E-state index is 0.00607. The predicted octanol–water partition coefficient (Wildman–Crippen LogP) is 4.67. The van der Waals surface area contributed by atoms with Crippen molar-refractivity contribution in [2.45, 2.75) is 12.2 Å². The first kappa shape index (κ1) is 22.4. The molecule has 160 valence electrons. The molecule has 1 N–H and O–H groups in total. The monoisotopic (exact) mass is 493 g/mol. The number of rotatable bonds is 4. The number of esters is 1. The van der Waals surface area contributed by atoms with Crippen LogP contribution in [0.5, 0.6) is 0 Å². The minimum atomic E-state index is -4.60. The average Bonchev–Trinajstić information content (AvgIpc) is 2.77. The molecule has 10 heteroatoms. The van der Waals surface area contributed by atoms with Crippen LogP contribution in [0.2, 0.25) is 0 Å². The van der Waals surface area contributed by atoms with Crippen molar-refractivity contribution < 1.29 is 27.5 Å². The lowest BCUT2D eigenvalue weighted by Crippen LogP contribution is -2.49. The molecule has 0 spiro atoms. The first-order valence-corrected chi connectivity index (χ1v) is 9.98. The Morgan fingerprint density at radius 2 is 1.94 bits per heavy atom. The van der Waals surface area contributed by atoms with Crippen LogP contribution in [0.4, 0.5) is 23.7 Å². The number of hydrogen-bond donors (Lipinski definition) is 1. The van der Waals surface area contributed by atoms with Gasteiger partial charge in [0.25, 0.3) is 0 Å². The first-order chi connectivity index (χ1) is 14.7. The number of halogens is 4. The highest BCUT2D eigenvalue weighted by atomic mass is 79.9. The van der Waals surface area contributed by atoms with Crippen molar-refractivity contribution in [1.29, 1.82) is 5.26 Å². The summed E-state index contributed by atoms with van der Waals surface area (Å²) in [5.74, 6) is -0.749. The smallest absolute Gasteiger partial charge is 0.416 e. The van der Waals surface area contributed by atoms with E-state index in [0.29, 0.717) is 11.1 Å². The molecule has 3 rings (SSSR count). The fourth-order valence-electron chi connectivity index (χ4n) is 3.24. The van der Waals surface area contributed by atoms with Crippen molar-refractivity contribution in [2.24, 2.45) is 0 Å². The molecule has 0 bridgehead atoms. The van der Waals surface area contributed by atoms with Crippen LogP contribution in [-0.4, -0.2) is 24.4 Å². The third-order valence-corrected chi connectivity index (χ3v) is 5.21. The number of hydrogen-bond acceptors (Lipinski definition) is 4. The number of urea groups is 1. The minimum Gasteiger partial charge on any atom is -0.466 e. The number of ether oxygens (including phenoxy) is 1. The third-order valence-electron chi connectivity index (χ3n) is 4.68. The Morgan fingerprint density at radius 3 is 2.48 bits per heavy atom. The molecule has 0 unspecified atom stereocenters. The van der Waals surface area contributed by atoms with Gasteiger partial charge in [0.2, 0.25) is 0 Å². The highest BCUT2D eigenvalue weighted by molar-refractivity contribution is 9.09. The van der Waals surface area contributed by atoms with Crippen LogP contribution in [0, 0.1) is 11.3 Å². The summed E-state index contributed by atoms with van der Waals surface area (Å²) >= 11 is 3.24. The van der Waals surface area contributed by atoms with Gasteiger partial charge in [-0.2, -0.15) is 18.4 Å². The molecule has 2 amide bonds. The summed E-state index contributed by atoms with van der Waals surface area (Å²) in [7, 11) is 1.17. The quantitative estimate of drug-likeness (QED) is 0.495. The Morgan fingerprint density at radius 1 is 1.26 bits per heavy atom. The number of nitrogens with one attached hydrogen (secondary N) is 1. The van der Waals surface area contributed by atoms with Crippen molar-refractivity contribution in [3.05, 3.63) is 76.5 Å². The van der Waals surface area contributed by atoms with Gasteiger partial charge in [-0.15, -0.1) is 0 Å². The zero-order valence-corrected chi connectivity index (χ0v) is 17.6. The second kappa shape index (κ2) is 8.81. The van der Waals surface area contributed by atoms with E-state index in [1.54, 1.807) is 12.1 Å². The van der Waals surface area contributed by atoms with Gasteiger partial charge in [0.15, 0.2) is 0 Å². The maximum Gasteiger partial charge on any atom is 0.416 e. The van der Waals surface area contributed by atoms with Crippen LogP contribution in [0.1, 0.15) is 22.7 Å². The van der Waals surface area contributed by atoms with E-state index in [2.05, 4.69) is 21.2 Å². The van der Waals surface area contributed by atoms with Gasteiger partial charge in [0.1, 0.15) is 0 Å². The molecule has 0 radical (unpaired) electrons. The molecule has 1 aliphatic rings. The van der Waals surface area contributed by atoms with E-state index in [4.69, 9.17) is 10.00 Å². The van der Waals surface area contributed by atoms with E-state index < -0.39 is 29.8 Å². The maximum absolute atomic E-state index is 13.2. The van der Waals surface area contributed by atoms with Crippen molar-refractivity contribution in [3.63, 3.8) is 0 Å². The van der Waals surface area contributed by atoms with E-state index in [-0.39, 0.29) is 22.3 Å². The summed E-state index contributed by atoms with van der Waals surface area (Å²) in [6.45, 7) is 0. The first-order valence-electron chi connectivity index (χ1n) is 8.86. The number of nitriles is 1. The van der Waals surface area contributed by atoms with Crippen molar-refractivity contribution >= 4 is 33.6 Å². The third kappa shape index (κ3) is 4.41. The molecule has 0 saturated heterocycles. The molecule has 0 fully saturated rings. The summed E-state index contributed by atoms with van der Waals surface area (Å²) in [5, 5.41) is 11.6. The largest absolute Gasteiger partial charge is 0.466 e. The summed E-state index contributed by atoms with van der Waals surface area (Å²) in [5.41, 5.74) is 0.114. The van der Waals surface area contributed by atoms with E-state index in [9.17, 15) is 22.8 Å². The lowest BCUT2D eigenvalue weighted by atomic mass is 9.94. The van der Waals surface area contributed by atoms with Crippen LogP contribution < -0.4 is 10.2 Å². The second-order valence-electron chi connectivity index (χ2n) is 6.49. The zero-order valence-electron chi connectivity index (χ0n) is 16.0. The molecular weight excluding hydrogens is 479 g/mol. The fraction of sp³-hybridized carbons (Fsp3) is 0.190. The molecule has 2 aromatic rings. The molecule has 31 heavy (non-hydrogen) atoms. The van der Waals surface area contributed by atoms with Gasteiger partial charge in [0.05, 0.1) is 47.3 Å². The summed E-state index contributed by atoms with van der Waals surface area (Å²) in [6.07, 6.45) is -4.60. The van der Waals surface area contributed by atoms with Crippen molar-refractivity contribution in [3.8, 4) is 6.07 Å². The lowest BCUT2D eigenvalue weighted by Gasteiger charge is -2.36. The number of methoxy groups -OCH3 is 1. The van der Waals surface area contributed by atoms with E-state index in [0.717, 1.165) is 17.0 Å². The van der Waals surface area contributed by atoms with Crippen LogP contribution >= 0.6 is 15.9 Å². The highest BCUT2D eigenvalue weighted by Crippen LogP contribution is 2.37. The Labute approximate surface area is 184 Å². The molecule has 2 aromatic carbocycles. The normalized spacial score (nSPS) is 16.6. The van der Waals surface area contributed by atoms with E-state index in [1.807, 2.05) is 6.07 Å². The predicted molar refractivity (Wildman–Crippen MR) is 109 cm³/mol. The Hall–Kier alpha value is -3.32. The highest BCUT2D eigenvalue weighted by Gasteiger charge is 2.39. The van der Waals surface area contributed by atoms with Gasteiger partial charge in [-0.3, -0.25) is 4.90 Å². The van der Waals surface area contributed by atoms with E-state index >= 15 is 0 Å². The summed E-state index contributed by atoms with van der Waals surface area (Å²) in [6, 6.07) is 10.8. The van der Waals surface area contributed by atoms with Crippen molar-refractivity contribution in [2.75, 3.05) is 17.3 Å². The average molecular weight is 494 g/mol. The molecule has 6 nitrogen and oxygen atoms in total. The number of carbonyl (C=O) groups is 2. The number of nitrogens with zero attached hydrogens (tertiary/aromatic N) is 2. The zero-order chi connectivity index (χ0) is 22.8. The van der Waals surface area contributed by atoms with E-state index in [1.165, 1.54) is 31.4 Å². The van der Waals surface area contributed by atoms with Gasteiger partial charge < -0.3 is 10.1 Å². The number of allylic oxidation sites excluding steroid dienone is 1. The SMILES string of the molecule is COC(=O)C1=C(CBr)N(c2cccc(C(F)(F)F)c2)C(=O)N[C@@H]1c1ccc(C#N)cc1. The van der Waals surface area contributed by atoms with Crippen LogP contribution in [0.15, 0.2) is 59.8 Å². The Bertz CT molecular complexity index is 1090. The number of carbonyl (C=O) groups excluding carboxylic acids is 2. The molecule has 1 heterocycles. The van der Waals surface area contributed by atoms with Gasteiger partial charge in [0, 0.05) is 5.33 Å². The van der Waals surface area contributed by atoms with Gasteiger partial charge in [-0.25, -0.2) is 9.59 Å². The molecule has 0 saturated carbocycles. The Kier molecular flexibility index (Phi) is 6.36. The number of anilines is 1. The molecule has 0 aromatic heterocycles. The van der Waals surface area contributed by atoms with Crippen LogP contribution in [0.25, 0.3) is 0 Å². The Balaban J connectivity index is 2.18. The number of benzene rings is 2. The molecule has 0 aliphatic carbocycles. The topological polar surface area (TPSA) is 82.4 Å². The standard InChI is InChI=1S/C21H15BrF3N3O3/c1-31-19(29)17-16(10-22)28(15-4-2-3-14(9-15)21(23,24)25)20(30)27-18(17)13-7-5-12(11-26)6-8-13/h2-9,18H,10H2,1H3,(H,27,30)/t18-/m1/s1. The van der Waals surface area contributed by atoms with Gasteiger partial charge >= 0.3 is 18.2 Å². The van der Waals surface area contributed by atoms with Gasteiger partial charge in [-0.05, 0) is 35.9 Å². The van der Waals surface area contributed by atoms with Gasteiger partial charge in [-0.1, -0.05) is 34.1 Å². The molecular formula is C21H15BrF3N3O3. The van der Waals surface area contributed by atoms with Crippen LogP contribution in [-0.2, 0) is 15.7 Å². The number of amides is 2. The number of alkyl halides is 4. The summed E-state index contributed by atoms with van der Waals surface area (Å²) in [4.78, 5) is 26.6. The van der Waals surface area contributed by atoms with Crippen LogP contribution in [0.3, 0.4) is 0 Å². The fourth-order valence-corrected chi connectivity index (χ4v) is 3.79. The second-order valence-corrected chi connectivity index (χ2v) is 7.05. The maximum atomic E-state index is 13.2. The van der Waals surface area contributed by atoms with Crippen molar-refractivity contribution in [1.82, 2.24) is 5.32 Å². The molecule has 1 atom stereocenters. The molecule has 1 aliphatic heterocycles.